The largest absolute Gasteiger partial charge is 0.392 e. The molecular formula is C11H18N2OS. The first-order valence-electron chi connectivity index (χ1n) is 5.69. The van der Waals surface area contributed by atoms with E-state index in [0.717, 1.165) is 32.2 Å². The van der Waals surface area contributed by atoms with Crippen LogP contribution in [-0.2, 0) is 4.79 Å². The van der Waals surface area contributed by atoms with Crippen molar-refractivity contribution in [1.29, 1.82) is 0 Å². The smallest absolute Gasteiger partial charge is 0.235 e. The number of rotatable bonds is 2. The van der Waals surface area contributed by atoms with Crippen LogP contribution in [0.4, 0.5) is 0 Å². The second-order valence-corrected chi connectivity index (χ2v) is 5.23. The molecule has 0 radical (unpaired) electrons. The van der Waals surface area contributed by atoms with Gasteiger partial charge in [0.05, 0.1) is 10.4 Å². The lowest BCUT2D eigenvalue weighted by Gasteiger charge is -2.35. The van der Waals surface area contributed by atoms with Gasteiger partial charge < -0.3 is 10.6 Å². The molecule has 1 saturated carbocycles. The summed E-state index contributed by atoms with van der Waals surface area (Å²) in [5.41, 5.74) is 5.21. The number of hydrogen-bond acceptors (Lipinski definition) is 2. The predicted octanol–water partition coefficient (Wildman–Crippen LogP) is 1.45. The molecule has 0 aromatic heterocycles. The van der Waals surface area contributed by atoms with E-state index >= 15 is 0 Å². The maximum Gasteiger partial charge on any atom is 0.235 e. The van der Waals surface area contributed by atoms with Crippen LogP contribution in [-0.4, -0.2) is 28.4 Å². The highest BCUT2D eigenvalue weighted by atomic mass is 32.1. The summed E-state index contributed by atoms with van der Waals surface area (Å²) >= 11 is 5.01. The number of nitrogens with two attached hydrogens (primary N) is 1. The summed E-state index contributed by atoms with van der Waals surface area (Å²) in [5, 5.41) is 0. The fourth-order valence-electron chi connectivity index (χ4n) is 2.37. The topological polar surface area (TPSA) is 46.3 Å². The van der Waals surface area contributed by atoms with Crippen molar-refractivity contribution in [2.24, 2.45) is 11.1 Å². The third-order valence-electron chi connectivity index (χ3n) is 3.69. The third kappa shape index (κ3) is 1.75. The summed E-state index contributed by atoms with van der Waals surface area (Å²) < 4.78 is 0. The molecule has 1 saturated heterocycles. The molecule has 2 aliphatic rings. The Morgan fingerprint density at radius 2 is 2.13 bits per heavy atom. The summed E-state index contributed by atoms with van der Waals surface area (Å²) in [6, 6.07) is 0.359. The highest BCUT2D eigenvalue weighted by Crippen LogP contribution is 2.48. The van der Waals surface area contributed by atoms with E-state index < -0.39 is 5.41 Å². The second-order valence-electron chi connectivity index (χ2n) is 4.79. The molecule has 84 valence electrons. The normalized spacial score (nSPS) is 28.6. The minimum absolute atomic E-state index is 0.183. The Kier molecular flexibility index (Phi) is 2.71. The molecule has 3 nitrogen and oxygen atoms in total. The van der Waals surface area contributed by atoms with E-state index in [1.54, 1.807) is 0 Å². The minimum Gasteiger partial charge on any atom is -0.392 e. The van der Waals surface area contributed by atoms with Crippen molar-refractivity contribution in [2.45, 2.75) is 45.1 Å². The molecule has 1 atom stereocenters. The van der Waals surface area contributed by atoms with E-state index in [4.69, 9.17) is 18.0 Å². The highest BCUT2D eigenvalue weighted by molar-refractivity contribution is 7.80. The highest BCUT2D eigenvalue weighted by Gasteiger charge is 2.55. The Labute approximate surface area is 96.0 Å². The van der Waals surface area contributed by atoms with Gasteiger partial charge in [-0.3, -0.25) is 4.79 Å². The Balaban J connectivity index is 2.10. The number of nitrogens with zero attached hydrogens (tertiary/aromatic N) is 1. The van der Waals surface area contributed by atoms with Crippen LogP contribution < -0.4 is 5.73 Å². The van der Waals surface area contributed by atoms with Gasteiger partial charge in [0.2, 0.25) is 5.91 Å². The van der Waals surface area contributed by atoms with Crippen molar-refractivity contribution >= 4 is 23.1 Å². The summed E-state index contributed by atoms with van der Waals surface area (Å²) in [6.07, 6.45) is 5.16. The van der Waals surface area contributed by atoms with Crippen molar-refractivity contribution < 1.29 is 4.79 Å². The summed E-state index contributed by atoms with van der Waals surface area (Å²) in [7, 11) is 0. The molecule has 15 heavy (non-hydrogen) atoms. The number of thiocarbonyl (C=S) groups is 1. The molecule has 2 N–H and O–H groups in total. The van der Waals surface area contributed by atoms with Crippen molar-refractivity contribution in [2.75, 3.05) is 6.54 Å². The summed E-state index contributed by atoms with van der Waals surface area (Å²) in [5.74, 6) is 0.183. The maximum absolute atomic E-state index is 12.3. The average Bonchev–Trinajstić information content (AvgIpc) is 2.98. The quantitative estimate of drug-likeness (QED) is 0.725. The molecule has 1 heterocycles. The van der Waals surface area contributed by atoms with Crippen molar-refractivity contribution in [1.82, 2.24) is 4.90 Å². The monoisotopic (exact) mass is 226 g/mol. The van der Waals surface area contributed by atoms with Crippen LogP contribution in [0.5, 0.6) is 0 Å². The van der Waals surface area contributed by atoms with Crippen molar-refractivity contribution in [3.05, 3.63) is 0 Å². The lowest BCUT2D eigenvalue weighted by atomic mass is 9.98. The molecule has 4 heteroatoms. The zero-order valence-corrected chi connectivity index (χ0v) is 9.98. The van der Waals surface area contributed by atoms with E-state index in [1.165, 1.54) is 6.42 Å². The fraction of sp³-hybridized carbons (Fsp3) is 0.818. The van der Waals surface area contributed by atoms with Gasteiger partial charge in [0.1, 0.15) is 0 Å². The van der Waals surface area contributed by atoms with Gasteiger partial charge in [-0.15, -0.1) is 0 Å². The Bertz CT molecular complexity index is 299. The number of carbonyl (C=O) groups is 1. The zero-order valence-electron chi connectivity index (χ0n) is 9.16. The van der Waals surface area contributed by atoms with E-state index in [2.05, 4.69) is 6.92 Å². The van der Waals surface area contributed by atoms with Crippen LogP contribution in [0.15, 0.2) is 0 Å². The van der Waals surface area contributed by atoms with E-state index in [0.29, 0.717) is 11.0 Å². The molecular weight excluding hydrogens is 208 g/mol. The lowest BCUT2D eigenvalue weighted by Crippen LogP contribution is -2.48. The van der Waals surface area contributed by atoms with Gasteiger partial charge in [-0.05, 0) is 39.0 Å². The molecule has 2 rings (SSSR count). The van der Waals surface area contributed by atoms with Gasteiger partial charge in [-0.2, -0.15) is 0 Å². The van der Waals surface area contributed by atoms with Crippen molar-refractivity contribution in [3.63, 3.8) is 0 Å². The third-order valence-corrected chi connectivity index (χ3v) is 4.09. The average molecular weight is 226 g/mol. The van der Waals surface area contributed by atoms with Gasteiger partial charge in [-0.1, -0.05) is 12.2 Å². The number of likely N-dealkylation sites (tertiary alicyclic amines) is 1. The van der Waals surface area contributed by atoms with Gasteiger partial charge in [0.15, 0.2) is 0 Å². The lowest BCUT2D eigenvalue weighted by molar-refractivity contribution is -0.137. The number of piperidine rings is 1. The van der Waals surface area contributed by atoms with Crippen LogP contribution in [0.1, 0.15) is 39.0 Å². The molecule has 0 aromatic rings. The Morgan fingerprint density at radius 3 is 2.60 bits per heavy atom. The van der Waals surface area contributed by atoms with Gasteiger partial charge in [-0.25, -0.2) is 0 Å². The second kappa shape index (κ2) is 3.74. The van der Waals surface area contributed by atoms with Gasteiger partial charge >= 0.3 is 0 Å². The number of hydrogen-bond donors (Lipinski definition) is 1. The van der Waals surface area contributed by atoms with E-state index in [-0.39, 0.29) is 5.91 Å². The molecule has 0 bridgehead atoms. The van der Waals surface area contributed by atoms with Crippen LogP contribution in [0, 0.1) is 5.41 Å². The molecule has 2 fully saturated rings. The first-order chi connectivity index (χ1) is 7.08. The van der Waals surface area contributed by atoms with E-state index in [1.807, 2.05) is 4.90 Å². The van der Waals surface area contributed by atoms with Crippen LogP contribution in [0.3, 0.4) is 0 Å². The Morgan fingerprint density at radius 1 is 1.47 bits per heavy atom. The standard InChI is InChI=1S/C11H18N2OS/c1-8-4-2-3-7-13(8)10(14)11(5-6-11)9(12)15/h8H,2-7H2,1H3,(H2,12,15). The van der Waals surface area contributed by atoms with Gasteiger partial charge in [0, 0.05) is 12.6 Å². The van der Waals surface area contributed by atoms with E-state index in [9.17, 15) is 4.79 Å². The number of carbonyl (C=O) groups excluding carboxylic acids is 1. The fourth-order valence-corrected chi connectivity index (χ4v) is 2.66. The molecule has 1 aliphatic carbocycles. The molecule has 1 aliphatic heterocycles. The SMILES string of the molecule is CC1CCCCN1C(=O)C1(C(N)=S)CC1. The molecule has 1 unspecified atom stereocenters. The van der Waals surface area contributed by atoms with Crippen LogP contribution in [0.25, 0.3) is 0 Å². The van der Waals surface area contributed by atoms with Crippen LogP contribution >= 0.6 is 12.2 Å². The first-order valence-corrected chi connectivity index (χ1v) is 6.10. The Hall–Kier alpha value is -0.640. The molecule has 1 amide bonds. The number of amides is 1. The first kappa shape index (κ1) is 10.9. The zero-order chi connectivity index (χ0) is 11.1. The molecule has 0 aromatic carbocycles. The minimum atomic E-state index is -0.457. The maximum atomic E-state index is 12.3. The molecule has 0 spiro atoms. The predicted molar refractivity (Wildman–Crippen MR) is 63.5 cm³/mol. The summed E-state index contributed by atoms with van der Waals surface area (Å²) in [4.78, 5) is 14.7. The van der Waals surface area contributed by atoms with Gasteiger partial charge in [0.25, 0.3) is 0 Å². The van der Waals surface area contributed by atoms with Crippen molar-refractivity contribution in [3.8, 4) is 0 Å². The summed E-state index contributed by atoms with van der Waals surface area (Å²) in [6.45, 7) is 3.00. The van der Waals surface area contributed by atoms with Crippen LogP contribution in [0.2, 0.25) is 0 Å².